The third-order valence-electron chi connectivity index (χ3n) is 4.40. The molecule has 2 aromatic rings. The van der Waals surface area contributed by atoms with Gasteiger partial charge in [-0.25, -0.2) is 9.78 Å². The molecule has 1 atom stereocenters. The van der Waals surface area contributed by atoms with Crippen LogP contribution in [-0.4, -0.2) is 55.7 Å². The van der Waals surface area contributed by atoms with Crippen molar-refractivity contribution < 1.29 is 9.90 Å². The number of carboxylic acid groups (broad SMARTS) is 1. The van der Waals surface area contributed by atoms with Gasteiger partial charge in [0.2, 0.25) is 5.28 Å². The number of aromatic nitrogens is 3. The predicted molar refractivity (Wildman–Crippen MR) is 97.2 cm³/mol. The van der Waals surface area contributed by atoms with Gasteiger partial charge in [-0.05, 0) is 57.3 Å². The van der Waals surface area contributed by atoms with Crippen LogP contribution in [-0.2, 0) is 0 Å². The average Bonchev–Trinajstić information content (AvgIpc) is 2.52. The standard InChI is InChI=1S/C17H22ClN5O2/c1-17(2,3)23(16(24)25)11-6-5-9-22(10-11)14-13-12(7-4-8-19-13)20-15(18)21-14/h4,7-8,11H,5-6,9-10H2,1-3H3,(H,24,25). The fourth-order valence-electron chi connectivity index (χ4n) is 3.49. The quantitative estimate of drug-likeness (QED) is 0.823. The highest BCUT2D eigenvalue weighted by Gasteiger charge is 2.36. The maximum atomic E-state index is 11.8. The van der Waals surface area contributed by atoms with Crippen molar-refractivity contribution in [1.82, 2.24) is 19.9 Å². The maximum Gasteiger partial charge on any atom is 0.408 e. The summed E-state index contributed by atoms with van der Waals surface area (Å²) in [6, 6.07) is 3.54. The third-order valence-corrected chi connectivity index (χ3v) is 4.57. The lowest BCUT2D eigenvalue weighted by Gasteiger charge is -2.44. The number of fused-ring (bicyclic) bond motifs is 1. The van der Waals surface area contributed by atoms with Gasteiger partial charge in [0.15, 0.2) is 5.82 Å². The van der Waals surface area contributed by atoms with Crippen molar-refractivity contribution in [2.45, 2.75) is 45.2 Å². The Kier molecular flexibility index (Phi) is 4.69. The highest BCUT2D eigenvalue weighted by molar-refractivity contribution is 6.28. The number of carbonyl (C=O) groups is 1. The second-order valence-electron chi connectivity index (χ2n) is 7.25. The first-order valence-electron chi connectivity index (χ1n) is 8.33. The molecular formula is C17H22ClN5O2. The fourth-order valence-corrected chi connectivity index (χ4v) is 3.66. The second-order valence-corrected chi connectivity index (χ2v) is 7.59. The summed E-state index contributed by atoms with van der Waals surface area (Å²) in [7, 11) is 0. The minimum absolute atomic E-state index is 0.112. The molecule has 0 bridgehead atoms. The smallest absolute Gasteiger partial charge is 0.408 e. The van der Waals surface area contributed by atoms with Crippen LogP contribution in [0.1, 0.15) is 33.6 Å². The minimum Gasteiger partial charge on any atom is -0.465 e. The van der Waals surface area contributed by atoms with Gasteiger partial charge in [-0.3, -0.25) is 9.88 Å². The first-order chi connectivity index (χ1) is 11.8. The topological polar surface area (TPSA) is 82.5 Å². The minimum atomic E-state index is -0.900. The Morgan fingerprint density at radius 2 is 2.16 bits per heavy atom. The first kappa shape index (κ1) is 17.7. The van der Waals surface area contributed by atoms with Crippen molar-refractivity contribution in [3.8, 4) is 0 Å². The van der Waals surface area contributed by atoms with Crippen LogP contribution in [0, 0.1) is 0 Å². The molecule has 7 nitrogen and oxygen atoms in total. The molecule has 1 fully saturated rings. The monoisotopic (exact) mass is 363 g/mol. The summed E-state index contributed by atoms with van der Waals surface area (Å²) in [6.45, 7) is 7.09. The summed E-state index contributed by atoms with van der Waals surface area (Å²) >= 11 is 6.08. The number of pyridine rings is 1. The van der Waals surface area contributed by atoms with Gasteiger partial charge in [0.25, 0.3) is 0 Å². The summed E-state index contributed by atoms with van der Waals surface area (Å²) in [5.74, 6) is 0.666. The molecule has 2 aromatic heterocycles. The zero-order valence-corrected chi connectivity index (χ0v) is 15.4. The van der Waals surface area contributed by atoms with E-state index in [0.29, 0.717) is 23.4 Å². The van der Waals surface area contributed by atoms with E-state index in [2.05, 4.69) is 19.9 Å². The maximum absolute atomic E-state index is 11.8. The SMILES string of the molecule is CC(C)(C)N(C(=O)O)C1CCCN(c2nc(Cl)nc3cccnc23)C1. The highest BCUT2D eigenvalue weighted by Crippen LogP contribution is 2.29. The van der Waals surface area contributed by atoms with Crippen molar-refractivity contribution in [2.24, 2.45) is 0 Å². The van der Waals surface area contributed by atoms with E-state index in [9.17, 15) is 9.90 Å². The number of rotatable bonds is 2. The number of nitrogens with zero attached hydrogens (tertiary/aromatic N) is 5. The Bertz CT molecular complexity index is 792. The molecule has 0 spiro atoms. The van der Waals surface area contributed by atoms with Crippen LogP contribution in [0.25, 0.3) is 11.0 Å². The lowest BCUT2D eigenvalue weighted by Crippen LogP contribution is -2.57. The van der Waals surface area contributed by atoms with Crippen LogP contribution >= 0.6 is 11.6 Å². The zero-order valence-electron chi connectivity index (χ0n) is 14.6. The van der Waals surface area contributed by atoms with Gasteiger partial charge in [0.1, 0.15) is 5.52 Å². The second kappa shape index (κ2) is 6.63. The van der Waals surface area contributed by atoms with Crippen molar-refractivity contribution in [3.05, 3.63) is 23.6 Å². The van der Waals surface area contributed by atoms with E-state index in [0.717, 1.165) is 19.4 Å². The van der Waals surface area contributed by atoms with Crippen LogP contribution in [0.2, 0.25) is 5.28 Å². The Morgan fingerprint density at radius 1 is 1.40 bits per heavy atom. The van der Waals surface area contributed by atoms with Gasteiger partial charge < -0.3 is 10.0 Å². The number of hydrogen-bond acceptors (Lipinski definition) is 5. The molecule has 134 valence electrons. The van der Waals surface area contributed by atoms with E-state index in [4.69, 9.17) is 11.6 Å². The molecule has 0 radical (unpaired) electrons. The molecule has 25 heavy (non-hydrogen) atoms. The molecule has 8 heteroatoms. The van der Waals surface area contributed by atoms with Gasteiger partial charge >= 0.3 is 6.09 Å². The molecule has 3 rings (SSSR count). The van der Waals surface area contributed by atoms with E-state index in [1.54, 1.807) is 12.3 Å². The number of amides is 1. The molecule has 1 aliphatic rings. The Labute approximate surface area is 151 Å². The molecule has 0 aromatic carbocycles. The molecule has 1 unspecified atom stereocenters. The van der Waals surface area contributed by atoms with Crippen molar-refractivity contribution in [2.75, 3.05) is 18.0 Å². The molecule has 0 aliphatic carbocycles. The predicted octanol–water partition coefficient (Wildman–Crippen LogP) is 3.43. The number of halogens is 1. The molecule has 1 saturated heterocycles. The Balaban J connectivity index is 1.96. The highest BCUT2D eigenvalue weighted by atomic mass is 35.5. The molecule has 0 saturated carbocycles. The molecular weight excluding hydrogens is 342 g/mol. The molecule has 3 heterocycles. The lowest BCUT2D eigenvalue weighted by molar-refractivity contribution is 0.0648. The van der Waals surface area contributed by atoms with Crippen LogP contribution < -0.4 is 4.90 Å². The van der Waals surface area contributed by atoms with Crippen LogP contribution in [0.4, 0.5) is 10.6 Å². The summed E-state index contributed by atoms with van der Waals surface area (Å²) in [5.41, 5.74) is 0.902. The van der Waals surface area contributed by atoms with Gasteiger partial charge in [0.05, 0.1) is 11.6 Å². The number of anilines is 1. The number of piperidine rings is 1. The normalized spacial score (nSPS) is 18.4. The van der Waals surface area contributed by atoms with Gasteiger partial charge in [-0.1, -0.05) is 0 Å². The Morgan fingerprint density at radius 3 is 2.84 bits per heavy atom. The molecule has 1 aliphatic heterocycles. The summed E-state index contributed by atoms with van der Waals surface area (Å²) < 4.78 is 0. The van der Waals surface area contributed by atoms with Gasteiger partial charge in [-0.2, -0.15) is 4.98 Å². The Hall–Kier alpha value is -2.15. The summed E-state index contributed by atoms with van der Waals surface area (Å²) in [5, 5.41) is 9.85. The van der Waals surface area contributed by atoms with Crippen LogP contribution in [0.3, 0.4) is 0 Å². The van der Waals surface area contributed by atoms with Crippen LogP contribution in [0.15, 0.2) is 18.3 Å². The van der Waals surface area contributed by atoms with Crippen LogP contribution in [0.5, 0.6) is 0 Å². The molecule has 1 N–H and O–H groups in total. The van der Waals surface area contributed by atoms with E-state index in [-0.39, 0.29) is 11.3 Å². The van der Waals surface area contributed by atoms with E-state index < -0.39 is 11.6 Å². The van der Waals surface area contributed by atoms with Crippen molar-refractivity contribution >= 4 is 34.5 Å². The van der Waals surface area contributed by atoms with E-state index in [1.165, 1.54) is 4.90 Å². The van der Waals surface area contributed by atoms with Crippen molar-refractivity contribution in [1.29, 1.82) is 0 Å². The van der Waals surface area contributed by atoms with Gasteiger partial charge in [-0.15, -0.1) is 0 Å². The first-order valence-corrected chi connectivity index (χ1v) is 8.70. The molecule has 1 amide bonds. The zero-order chi connectivity index (χ0) is 18.2. The fraction of sp³-hybridized carbons (Fsp3) is 0.529. The lowest BCUT2D eigenvalue weighted by atomic mass is 9.97. The third kappa shape index (κ3) is 3.61. The van der Waals surface area contributed by atoms with E-state index >= 15 is 0 Å². The summed E-state index contributed by atoms with van der Waals surface area (Å²) in [6.07, 6.45) is 2.50. The number of hydrogen-bond donors (Lipinski definition) is 1. The van der Waals surface area contributed by atoms with Crippen molar-refractivity contribution in [3.63, 3.8) is 0 Å². The van der Waals surface area contributed by atoms with E-state index in [1.807, 2.05) is 26.8 Å². The largest absolute Gasteiger partial charge is 0.465 e. The summed E-state index contributed by atoms with van der Waals surface area (Å²) in [4.78, 5) is 28.4. The van der Waals surface area contributed by atoms with Gasteiger partial charge in [0, 0.05) is 24.8 Å². The average molecular weight is 364 g/mol.